The van der Waals surface area contributed by atoms with E-state index < -0.39 is 12.1 Å². The van der Waals surface area contributed by atoms with Crippen LogP contribution >= 0.6 is 0 Å². The SMILES string of the molecule is CC(=O)c1ccc(NC(=O)Nc2nn(C(=O)Nc3ccc(C(C)=O)cc3)c3ccccc23)cc1. The van der Waals surface area contributed by atoms with Crippen molar-refractivity contribution in [3.05, 3.63) is 83.9 Å². The van der Waals surface area contributed by atoms with Gasteiger partial charge in [-0.3, -0.25) is 14.9 Å². The normalized spacial score (nSPS) is 10.5. The quantitative estimate of drug-likeness (QED) is 0.359. The lowest BCUT2D eigenvalue weighted by Crippen LogP contribution is -2.22. The molecule has 4 rings (SSSR count). The van der Waals surface area contributed by atoms with Crippen LogP contribution in [0.4, 0.5) is 26.8 Å². The number of nitrogens with one attached hydrogen (secondary N) is 3. The van der Waals surface area contributed by atoms with Crippen molar-refractivity contribution in [3.63, 3.8) is 0 Å². The van der Waals surface area contributed by atoms with Crippen molar-refractivity contribution < 1.29 is 19.2 Å². The molecule has 0 saturated heterocycles. The molecular formula is C25H21N5O4. The minimum absolute atomic E-state index is 0.0684. The van der Waals surface area contributed by atoms with E-state index in [9.17, 15) is 19.2 Å². The molecule has 0 radical (unpaired) electrons. The molecule has 4 aromatic rings. The summed E-state index contributed by atoms with van der Waals surface area (Å²) in [6.45, 7) is 2.93. The Morgan fingerprint density at radius 2 is 1.21 bits per heavy atom. The molecule has 0 atom stereocenters. The van der Waals surface area contributed by atoms with E-state index >= 15 is 0 Å². The van der Waals surface area contributed by atoms with Gasteiger partial charge in [-0.1, -0.05) is 12.1 Å². The first-order valence-electron chi connectivity index (χ1n) is 10.4. The minimum Gasteiger partial charge on any atom is -0.308 e. The molecule has 3 aromatic carbocycles. The number of nitrogens with zero attached hydrogens (tertiary/aromatic N) is 2. The summed E-state index contributed by atoms with van der Waals surface area (Å²) in [7, 11) is 0. The Balaban J connectivity index is 1.53. The summed E-state index contributed by atoms with van der Waals surface area (Å²) in [6.07, 6.45) is 0. The molecule has 1 aromatic heterocycles. The Labute approximate surface area is 194 Å². The van der Waals surface area contributed by atoms with Crippen LogP contribution in [0.25, 0.3) is 10.9 Å². The van der Waals surface area contributed by atoms with Gasteiger partial charge in [-0.2, -0.15) is 4.68 Å². The van der Waals surface area contributed by atoms with E-state index in [1.54, 1.807) is 72.8 Å². The Hall–Kier alpha value is -4.79. The smallest absolute Gasteiger partial charge is 0.308 e. The lowest BCUT2D eigenvalue weighted by atomic mass is 10.1. The van der Waals surface area contributed by atoms with Gasteiger partial charge in [0.25, 0.3) is 0 Å². The van der Waals surface area contributed by atoms with Gasteiger partial charge < -0.3 is 10.6 Å². The van der Waals surface area contributed by atoms with Crippen LogP contribution in [0.2, 0.25) is 0 Å². The summed E-state index contributed by atoms with van der Waals surface area (Å²) in [5, 5.41) is 12.9. The molecule has 3 amide bonds. The molecule has 1 heterocycles. The minimum atomic E-state index is -0.550. The predicted molar refractivity (Wildman–Crippen MR) is 130 cm³/mol. The zero-order valence-electron chi connectivity index (χ0n) is 18.5. The highest BCUT2D eigenvalue weighted by Crippen LogP contribution is 2.23. The van der Waals surface area contributed by atoms with E-state index in [0.29, 0.717) is 33.4 Å². The second-order valence-electron chi connectivity index (χ2n) is 7.55. The van der Waals surface area contributed by atoms with Gasteiger partial charge in [0.05, 0.1) is 5.52 Å². The van der Waals surface area contributed by atoms with Gasteiger partial charge in [0.2, 0.25) is 0 Å². The van der Waals surface area contributed by atoms with Crippen molar-refractivity contribution in [2.45, 2.75) is 13.8 Å². The summed E-state index contributed by atoms with van der Waals surface area (Å²) in [5.74, 6) is 0.0661. The molecule has 9 heteroatoms. The maximum atomic E-state index is 12.9. The number of amides is 3. The third kappa shape index (κ3) is 4.83. The van der Waals surface area contributed by atoms with E-state index in [1.165, 1.54) is 13.8 Å². The molecule has 0 spiro atoms. The zero-order chi connectivity index (χ0) is 24.2. The van der Waals surface area contributed by atoms with Gasteiger partial charge in [-0.15, -0.1) is 5.10 Å². The molecule has 0 fully saturated rings. The summed E-state index contributed by atoms with van der Waals surface area (Å²) < 4.78 is 1.16. The summed E-state index contributed by atoms with van der Waals surface area (Å²) in [4.78, 5) is 48.3. The van der Waals surface area contributed by atoms with Gasteiger partial charge >= 0.3 is 12.1 Å². The van der Waals surface area contributed by atoms with Gasteiger partial charge in [0.15, 0.2) is 17.4 Å². The van der Waals surface area contributed by atoms with Crippen molar-refractivity contribution in [2.24, 2.45) is 0 Å². The molecule has 3 N–H and O–H groups in total. The molecular weight excluding hydrogens is 434 g/mol. The summed E-state index contributed by atoms with van der Waals surface area (Å²) in [5.41, 5.74) is 2.57. The Kier molecular flexibility index (Phi) is 6.18. The monoisotopic (exact) mass is 455 g/mol. The Bertz CT molecular complexity index is 1410. The second kappa shape index (κ2) is 9.37. The molecule has 0 unspecified atom stereocenters. The van der Waals surface area contributed by atoms with Gasteiger partial charge in [-0.05, 0) is 74.5 Å². The first-order chi connectivity index (χ1) is 16.3. The van der Waals surface area contributed by atoms with Gasteiger partial charge in [0, 0.05) is 27.9 Å². The van der Waals surface area contributed by atoms with Crippen molar-refractivity contribution in [3.8, 4) is 0 Å². The van der Waals surface area contributed by atoms with Crippen LogP contribution in [-0.4, -0.2) is 33.4 Å². The average molecular weight is 455 g/mol. The standard InChI is InChI=1S/C25H21N5O4/c1-15(31)17-7-11-19(12-8-17)26-24(33)28-23-21-5-3-4-6-22(21)30(29-23)25(34)27-20-13-9-18(10-14-20)16(2)32/h3-14H,1-2H3,(H,27,34)(H2,26,28,29,33). The van der Waals surface area contributed by atoms with E-state index in [4.69, 9.17) is 0 Å². The van der Waals surface area contributed by atoms with Crippen molar-refractivity contribution in [2.75, 3.05) is 16.0 Å². The van der Waals surface area contributed by atoms with E-state index in [1.807, 2.05) is 0 Å². The topological polar surface area (TPSA) is 122 Å². The van der Waals surface area contributed by atoms with Gasteiger partial charge in [-0.25, -0.2) is 9.59 Å². The number of para-hydroxylation sites is 1. The van der Waals surface area contributed by atoms with Crippen LogP contribution in [0, 0.1) is 0 Å². The molecule has 0 aliphatic heterocycles. The lowest BCUT2D eigenvalue weighted by Gasteiger charge is -2.07. The maximum Gasteiger partial charge on any atom is 0.347 e. The number of anilines is 3. The van der Waals surface area contributed by atoms with Gasteiger partial charge in [0.1, 0.15) is 0 Å². The summed E-state index contributed by atoms with van der Waals surface area (Å²) >= 11 is 0. The number of rotatable bonds is 5. The molecule has 34 heavy (non-hydrogen) atoms. The van der Waals surface area contributed by atoms with E-state index in [0.717, 1.165) is 4.68 Å². The van der Waals surface area contributed by atoms with Crippen LogP contribution in [-0.2, 0) is 0 Å². The molecule has 9 nitrogen and oxygen atoms in total. The van der Waals surface area contributed by atoms with Crippen LogP contribution in [0.3, 0.4) is 0 Å². The van der Waals surface area contributed by atoms with Crippen LogP contribution in [0.1, 0.15) is 34.6 Å². The fourth-order valence-electron chi connectivity index (χ4n) is 3.34. The number of carbonyl (C=O) groups is 4. The Morgan fingerprint density at radius 1 is 0.676 bits per heavy atom. The van der Waals surface area contributed by atoms with E-state index in [2.05, 4.69) is 21.0 Å². The first-order valence-corrected chi connectivity index (χ1v) is 10.4. The number of hydrogen-bond acceptors (Lipinski definition) is 5. The highest BCUT2D eigenvalue weighted by Gasteiger charge is 2.17. The average Bonchev–Trinajstić information content (AvgIpc) is 3.18. The zero-order valence-corrected chi connectivity index (χ0v) is 18.5. The number of aromatic nitrogens is 2. The molecule has 0 aliphatic carbocycles. The molecule has 170 valence electrons. The number of urea groups is 1. The second-order valence-corrected chi connectivity index (χ2v) is 7.55. The summed E-state index contributed by atoms with van der Waals surface area (Å²) in [6, 6.07) is 18.9. The third-order valence-electron chi connectivity index (χ3n) is 5.10. The van der Waals surface area contributed by atoms with Crippen molar-refractivity contribution in [1.29, 1.82) is 0 Å². The predicted octanol–water partition coefficient (Wildman–Crippen LogP) is 5.17. The highest BCUT2D eigenvalue weighted by molar-refractivity contribution is 6.07. The first kappa shape index (κ1) is 22.4. The van der Waals surface area contributed by atoms with Crippen LogP contribution < -0.4 is 16.0 Å². The molecule has 0 bridgehead atoms. The number of hydrogen-bond donors (Lipinski definition) is 3. The number of fused-ring (bicyclic) bond motifs is 1. The fourth-order valence-corrected chi connectivity index (χ4v) is 3.34. The van der Waals surface area contributed by atoms with Crippen molar-refractivity contribution in [1.82, 2.24) is 9.78 Å². The van der Waals surface area contributed by atoms with Crippen LogP contribution in [0.5, 0.6) is 0 Å². The van der Waals surface area contributed by atoms with Crippen molar-refractivity contribution >= 4 is 51.7 Å². The molecule has 0 aliphatic rings. The number of benzene rings is 3. The highest BCUT2D eigenvalue weighted by atomic mass is 16.2. The van der Waals surface area contributed by atoms with E-state index in [-0.39, 0.29) is 17.4 Å². The number of Topliss-reactive ketones (excluding diaryl/α,β-unsaturated/α-hetero) is 2. The largest absolute Gasteiger partial charge is 0.347 e. The van der Waals surface area contributed by atoms with Crippen LogP contribution in [0.15, 0.2) is 72.8 Å². The number of carbonyl (C=O) groups excluding carboxylic acids is 4. The number of ketones is 2. The molecule has 0 saturated carbocycles. The Morgan fingerprint density at radius 3 is 1.76 bits per heavy atom. The third-order valence-corrected chi connectivity index (χ3v) is 5.10. The maximum absolute atomic E-state index is 12.9. The fraction of sp³-hybridized carbons (Fsp3) is 0.0800. The lowest BCUT2D eigenvalue weighted by molar-refractivity contribution is 0.100.